The number of carbonyl (C=O) groups is 7. The third-order valence-electron chi connectivity index (χ3n) is 18.2. The minimum absolute atomic E-state index is 0.00896. The molecule has 2 aromatic carbocycles. The van der Waals surface area contributed by atoms with E-state index < -0.39 is 127 Å². The van der Waals surface area contributed by atoms with Crippen LogP contribution in [-0.2, 0) is 71.1 Å². The van der Waals surface area contributed by atoms with Crippen molar-refractivity contribution in [2.75, 3.05) is 33.3 Å². The molecule has 0 saturated heterocycles. The molecule has 0 spiro atoms. The van der Waals surface area contributed by atoms with Crippen molar-refractivity contribution in [3.05, 3.63) is 44.5 Å². The summed E-state index contributed by atoms with van der Waals surface area (Å²) in [5.41, 5.74) is 16.0. The number of ether oxygens (including phenoxy) is 4. The monoisotopic (exact) mass is 1440 g/mol. The van der Waals surface area contributed by atoms with Crippen LogP contribution in [0.25, 0.3) is 0 Å². The molecule has 1 unspecified atom stereocenters. The first-order valence-electron chi connectivity index (χ1n) is 35.4. The number of fused-ring (bicyclic) bond motifs is 2. The number of aliphatic imine (C=N–C) groups is 2. The number of sulfonamides is 2. The summed E-state index contributed by atoms with van der Waals surface area (Å²) >= 11 is 0. The fraction of sp³-hybridized carbons (Fsp3) is 0.704. The average molecular weight is 1440 g/mol. The molecule has 5 atom stereocenters. The zero-order valence-corrected chi connectivity index (χ0v) is 64.3. The number of nitrogens with zero attached hydrogens (tertiary/aromatic N) is 2. The van der Waals surface area contributed by atoms with Crippen molar-refractivity contribution in [2.45, 2.75) is 297 Å². The number of hydrogen-bond donors (Lipinski definition) is 10. The van der Waals surface area contributed by atoms with Crippen molar-refractivity contribution >= 4 is 73.4 Å². The highest BCUT2D eigenvalue weighted by molar-refractivity contribution is 7.90. The van der Waals surface area contributed by atoms with Crippen LogP contribution in [0.2, 0.25) is 0 Å². The maximum atomic E-state index is 14.7. The van der Waals surface area contributed by atoms with Gasteiger partial charge in [-0.05, 0) is 224 Å². The van der Waals surface area contributed by atoms with E-state index in [0.29, 0.717) is 83.4 Å². The highest BCUT2D eigenvalue weighted by Gasteiger charge is 2.38. The van der Waals surface area contributed by atoms with Gasteiger partial charge in [0.15, 0.2) is 5.78 Å². The van der Waals surface area contributed by atoms with Gasteiger partial charge in [0.05, 0.1) is 29.5 Å². The van der Waals surface area contributed by atoms with Crippen LogP contribution in [0.1, 0.15) is 230 Å². The van der Waals surface area contributed by atoms with E-state index in [4.69, 9.17) is 30.4 Å². The molecule has 0 fully saturated rings. The lowest BCUT2D eigenvalue weighted by Gasteiger charge is -2.35. The van der Waals surface area contributed by atoms with Gasteiger partial charge in [0.1, 0.15) is 52.5 Å². The number of methoxy groups -OCH3 is 1. The number of carbonyl (C=O) groups excluding carboxylic acids is 7. The van der Waals surface area contributed by atoms with Crippen LogP contribution in [0.4, 0.5) is 4.79 Å². The van der Waals surface area contributed by atoms with Crippen molar-refractivity contribution in [1.29, 1.82) is 0 Å². The van der Waals surface area contributed by atoms with Crippen LogP contribution in [0, 0.1) is 47.5 Å². The molecule has 4 rings (SSSR count). The Hall–Kier alpha value is -7.27. The number of amides is 5. The molecule has 0 radical (unpaired) electrons. The third kappa shape index (κ3) is 26.0. The second kappa shape index (κ2) is 38.1. The van der Waals surface area contributed by atoms with Gasteiger partial charge in [0.25, 0.3) is 20.0 Å². The predicted molar refractivity (Wildman–Crippen MR) is 387 cm³/mol. The smallest absolute Gasteiger partial charge is 0.407 e. The van der Waals surface area contributed by atoms with Crippen LogP contribution in [0.15, 0.2) is 19.8 Å². The molecule has 0 bridgehead atoms. The second-order valence-electron chi connectivity index (χ2n) is 29.1. The summed E-state index contributed by atoms with van der Waals surface area (Å²) in [6.45, 7) is 30.2. The molecular formula is C71H118N12O15S2. The molecule has 12 N–H and O–H groups in total. The normalized spacial score (nSPS) is 16.0. The van der Waals surface area contributed by atoms with Crippen LogP contribution in [0.5, 0.6) is 11.5 Å². The van der Waals surface area contributed by atoms with E-state index in [1.54, 1.807) is 62.3 Å². The van der Waals surface area contributed by atoms with Crippen LogP contribution >= 0.6 is 0 Å². The number of guanidine groups is 2. The molecule has 564 valence electrons. The van der Waals surface area contributed by atoms with Gasteiger partial charge in [0, 0.05) is 26.1 Å². The molecule has 2 aromatic rings. The number of benzene rings is 2. The van der Waals surface area contributed by atoms with Crippen LogP contribution < -0.4 is 62.3 Å². The first-order chi connectivity index (χ1) is 46.6. The highest BCUT2D eigenvalue weighted by atomic mass is 32.2. The van der Waals surface area contributed by atoms with Crippen molar-refractivity contribution in [1.82, 2.24) is 41.3 Å². The van der Waals surface area contributed by atoms with Gasteiger partial charge >= 0.3 is 12.1 Å². The Balaban J connectivity index is 1.60. The van der Waals surface area contributed by atoms with E-state index in [9.17, 15) is 50.4 Å². The summed E-state index contributed by atoms with van der Waals surface area (Å²) in [4.78, 5) is 105. The summed E-state index contributed by atoms with van der Waals surface area (Å²) in [6.07, 6.45) is 9.39. The Morgan fingerprint density at radius 1 is 0.580 bits per heavy atom. The molecule has 5 amide bonds. The number of esters is 1. The first-order valence-corrected chi connectivity index (χ1v) is 38.3. The molecule has 27 nitrogen and oxygen atoms in total. The lowest BCUT2D eigenvalue weighted by atomic mass is 9.88. The number of nitrogens with two attached hydrogens (primary N) is 2. The molecule has 0 saturated carbocycles. The Kier molecular flexibility index (Phi) is 32.5. The number of nitrogens with one attached hydrogen (secondary N) is 8. The van der Waals surface area contributed by atoms with Crippen molar-refractivity contribution in [3.8, 4) is 11.5 Å². The molecule has 29 heteroatoms. The minimum atomic E-state index is -4.26. The average Bonchev–Trinajstić information content (AvgIpc) is 0.753. The van der Waals surface area contributed by atoms with Gasteiger partial charge in [-0.3, -0.25) is 44.1 Å². The van der Waals surface area contributed by atoms with Gasteiger partial charge in [-0.1, -0.05) is 59.3 Å². The molecule has 2 aliphatic rings. The van der Waals surface area contributed by atoms with Gasteiger partial charge in [-0.25, -0.2) is 31.1 Å². The van der Waals surface area contributed by atoms with Crippen molar-refractivity contribution in [3.63, 3.8) is 0 Å². The number of Topliss-reactive ketones (excluding diaryl/α,β-unsaturated/α-hetero) is 1. The number of rotatable bonds is 38. The standard InChI is InChI=1S/C71H118N12O15S2/c1-19-20-21-22-23-24-25-33-56(85)78-53(32-29-40-75-67(73)83-100(93,94)61-46(7)44(5)59-51(48(61)9)35-37-71(16,17)97-59)63(87)81-57(42(2)3)64(88)80-54(30-26-27-38-76-68(90)98-69(11,12)13)62(86)79-52(55(84)41-77-49(10)65(89)95-18)31-28-39-74-66(72)82-99(91,92)60-45(6)43(4)58-50(47(60)8)34-36-70(14,15)96-58/h42,49,52-54,57,77H,19-41H2,1-18H3,(H,76,90)(H,78,85)(H,79,86)(H,80,88)(H,81,87)(H3,72,74,82)(H3,73,75,83)/t49-,52?,53-,54-,57-/m0/s1. The Labute approximate surface area is 594 Å². The third-order valence-corrected chi connectivity index (χ3v) is 21.4. The fourth-order valence-corrected chi connectivity index (χ4v) is 15.3. The minimum Gasteiger partial charge on any atom is -0.487 e. The summed E-state index contributed by atoms with van der Waals surface area (Å²) in [5.74, 6) is -3.97. The van der Waals surface area contributed by atoms with Gasteiger partial charge in [-0.2, -0.15) is 0 Å². The second-order valence-corrected chi connectivity index (χ2v) is 32.4. The number of alkyl carbamates (subject to hydrolysis) is 1. The highest BCUT2D eigenvalue weighted by Crippen LogP contribution is 2.44. The lowest BCUT2D eigenvalue weighted by Crippen LogP contribution is -2.59. The molecule has 0 aromatic heterocycles. The van der Waals surface area contributed by atoms with Crippen LogP contribution in [-0.4, -0.2) is 151 Å². The van der Waals surface area contributed by atoms with Gasteiger partial charge in [0.2, 0.25) is 35.5 Å². The molecule has 2 heterocycles. The van der Waals surface area contributed by atoms with E-state index in [-0.39, 0.29) is 80.3 Å². The van der Waals surface area contributed by atoms with Gasteiger partial charge in [-0.15, -0.1) is 0 Å². The van der Waals surface area contributed by atoms with Crippen molar-refractivity contribution in [2.24, 2.45) is 27.4 Å². The summed E-state index contributed by atoms with van der Waals surface area (Å²) in [5, 5.41) is 16.7. The lowest BCUT2D eigenvalue weighted by molar-refractivity contribution is -0.142. The quantitative estimate of drug-likeness (QED) is 0.0136. The van der Waals surface area contributed by atoms with E-state index in [1.165, 1.54) is 14.0 Å². The number of hydrogen-bond acceptors (Lipinski definition) is 18. The largest absolute Gasteiger partial charge is 0.487 e. The predicted octanol–water partition coefficient (Wildman–Crippen LogP) is 7.34. The van der Waals surface area contributed by atoms with E-state index in [2.05, 4.69) is 58.3 Å². The molecular weight excluding hydrogens is 1320 g/mol. The summed E-state index contributed by atoms with van der Waals surface area (Å²) < 4.78 is 83.7. The van der Waals surface area contributed by atoms with E-state index >= 15 is 0 Å². The first kappa shape index (κ1) is 85.1. The summed E-state index contributed by atoms with van der Waals surface area (Å²) in [7, 11) is -7.31. The van der Waals surface area contributed by atoms with Crippen molar-refractivity contribution < 1.29 is 69.3 Å². The maximum Gasteiger partial charge on any atom is 0.407 e. The Bertz CT molecular complexity index is 3510. The Morgan fingerprint density at radius 2 is 1.03 bits per heavy atom. The fourth-order valence-electron chi connectivity index (χ4n) is 12.2. The van der Waals surface area contributed by atoms with Crippen LogP contribution in [0.3, 0.4) is 0 Å². The molecule has 0 aliphatic carbocycles. The molecule has 2 aliphatic heterocycles. The topological polar surface area (TPSA) is 398 Å². The number of unbranched alkanes of at least 4 members (excludes halogenated alkanes) is 7. The zero-order valence-electron chi connectivity index (χ0n) is 62.7. The molecule has 100 heavy (non-hydrogen) atoms. The number of ketones is 1. The maximum absolute atomic E-state index is 14.7. The zero-order chi connectivity index (χ0) is 75.3. The SMILES string of the molecule is CCCCCCCCCC(=O)N[C@@H](CCCN=C(N)NS(=O)(=O)c1c(C)c(C)c2c(c1C)CCC(C)(C)O2)C(=O)N[C@H](C(=O)N[C@@H](CCCCNC(=O)OC(C)(C)C)C(=O)NC(CCCN=C(N)NS(=O)(=O)c1c(C)c(C)c2c(c1C)CCC(C)(C)O2)C(=O)CN[C@@H](C)C(=O)OC)C(C)C. The Morgan fingerprint density at radius 3 is 1.51 bits per heavy atom. The van der Waals surface area contributed by atoms with Gasteiger partial charge < -0.3 is 57.0 Å². The van der Waals surface area contributed by atoms with E-state index in [0.717, 1.165) is 49.7 Å². The summed E-state index contributed by atoms with van der Waals surface area (Å²) in [6, 6.07) is -6.06. The van der Waals surface area contributed by atoms with E-state index in [1.807, 2.05) is 41.5 Å².